The Labute approximate surface area is 72.3 Å². The van der Waals surface area contributed by atoms with Crippen LogP contribution in [0.15, 0.2) is 19.8 Å². The Balaban J connectivity index is 2.93. The summed E-state index contributed by atoms with van der Waals surface area (Å²) in [6, 6.07) is 0. The Morgan fingerprint density at radius 2 is 2.00 bits per heavy atom. The third kappa shape index (κ3) is 0.839. The average Bonchev–Trinajstić information content (AvgIpc) is 2.43. The Hall–Kier alpha value is -0.700. The fraction of sp³-hybridized carbons (Fsp3) is 0.250. The van der Waals surface area contributed by atoms with Gasteiger partial charge in [0.25, 0.3) is 0 Å². The van der Waals surface area contributed by atoms with Gasteiger partial charge in [0.1, 0.15) is 0 Å². The maximum Gasteiger partial charge on any atom is 0.177 e. The van der Waals surface area contributed by atoms with Crippen LogP contribution in [0.3, 0.4) is 0 Å². The second-order valence-corrected chi connectivity index (χ2v) is 3.30. The minimum atomic E-state index is 0.759. The molecule has 0 unspecified atom stereocenters. The van der Waals surface area contributed by atoms with E-state index in [2.05, 4.69) is 15.9 Å². The number of rotatable bonds is 0. The highest BCUT2D eigenvalue weighted by molar-refractivity contribution is 9.10. The molecule has 0 aliphatic carbocycles. The summed E-state index contributed by atoms with van der Waals surface area (Å²) in [6.07, 6.45) is 1.70. The summed E-state index contributed by atoms with van der Waals surface area (Å²) >= 11 is 3.30. The summed E-state index contributed by atoms with van der Waals surface area (Å²) in [6.45, 7) is 3.92. The molecular weight excluding hydrogens is 208 g/mol. The molecule has 2 rings (SSSR count). The van der Waals surface area contributed by atoms with E-state index in [0.717, 1.165) is 27.0 Å². The molecule has 0 aliphatic heterocycles. The van der Waals surface area contributed by atoms with Crippen LogP contribution in [-0.2, 0) is 0 Å². The highest BCUT2D eigenvalue weighted by Gasteiger charge is 2.12. The van der Waals surface area contributed by atoms with E-state index < -0.39 is 0 Å². The predicted octanol–water partition coefficient (Wildman–Crippen LogP) is 3.41. The predicted molar refractivity (Wildman–Crippen MR) is 45.7 cm³/mol. The van der Waals surface area contributed by atoms with Crippen molar-refractivity contribution in [3.63, 3.8) is 0 Å². The van der Waals surface area contributed by atoms with Gasteiger partial charge in [-0.15, -0.1) is 0 Å². The van der Waals surface area contributed by atoms with Crippen molar-refractivity contribution < 1.29 is 8.83 Å². The molecule has 2 heterocycles. The summed E-state index contributed by atoms with van der Waals surface area (Å²) in [5.41, 5.74) is 3.74. The van der Waals surface area contributed by atoms with E-state index in [1.54, 1.807) is 6.26 Å². The van der Waals surface area contributed by atoms with Crippen LogP contribution < -0.4 is 0 Å². The zero-order chi connectivity index (χ0) is 8.01. The lowest BCUT2D eigenvalue weighted by atomic mass is 10.3. The summed E-state index contributed by atoms with van der Waals surface area (Å²) in [7, 11) is 0. The van der Waals surface area contributed by atoms with Gasteiger partial charge in [0.15, 0.2) is 15.8 Å². The molecule has 2 aromatic rings. The fourth-order valence-corrected chi connectivity index (χ4v) is 1.42. The Kier molecular flexibility index (Phi) is 1.36. The van der Waals surface area contributed by atoms with E-state index in [1.165, 1.54) is 0 Å². The van der Waals surface area contributed by atoms with Crippen molar-refractivity contribution in [3.8, 4) is 0 Å². The minimum Gasteiger partial charge on any atom is -0.460 e. The molecule has 0 N–H and O–H groups in total. The minimum absolute atomic E-state index is 0.759. The van der Waals surface area contributed by atoms with E-state index >= 15 is 0 Å². The molecule has 11 heavy (non-hydrogen) atoms. The first kappa shape index (κ1) is 6.98. The van der Waals surface area contributed by atoms with Crippen LogP contribution in [0.25, 0.3) is 11.2 Å². The molecule has 2 aromatic heterocycles. The molecule has 58 valence electrons. The molecule has 0 saturated carbocycles. The summed E-state index contributed by atoms with van der Waals surface area (Å²) < 4.78 is 11.4. The zero-order valence-electron chi connectivity index (χ0n) is 6.27. The highest BCUT2D eigenvalue weighted by atomic mass is 79.9. The molecule has 0 spiro atoms. The van der Waals surface area contributed by atoms with Crippen LogP contribution in [-0.4, -0.2) is 0 Å². The summed E-state index contributed by atoms with van der Waals surface area (Å²) in [5, 5.41) is 0. The van der Waals surface area contributed by atoms with Crippen LogP contribution in [0.4, 0.5) is 0 Å². The van der Waals surface area contributed by atoms with Gasteiger partial charge >= 0.3 is 0 Å². The smallest absolute Gasteiger partial charge is 0.177 e. The summed E-state index contributed by atoms with van der Waals surface area (Å²) in [5.74, 6) is 0. The molecule has 0 amide bonds. The molecular formula is C8H7BrO2. The molecule has 0 radical (unpaired) electrons. The number of aryl methyl sites for hydroxylation is 2. The van der Waals surface area contributed by atoms with Gasteiger partial charge < -0.3 is 8.83 Å². The lowest BCUT2D eigenvalue weighted by Gasteiger charge is -1.81. The Bertz CT molecular complexity index is 397. The number of furan rings is 2. The standard InChI is InChI=1S/C8H7BrO2/c1-4-3-10-7-5(2)8(9)11-6(4)7/h3H,1-2H3. The van der Waals surface area contributed by atoms with Crippen LogP contribution in [0.1, 0.15) is 11.1 Å². The van der Waals surface area contributed by atoms with Crippen molar-refractivity contribution in [2.24, 2.45) is 0 Å². The van der Waals surface area contributed by atoms with Crippen molar-refractivity contribution in [2.45, 2.75) is 13.8 Å². The zero-order valence-corrected chi connectivity index (χ0v) is 7.86. The van der Waals surface area contributed by atoms with Gasteiger partial charge in [0.2, 0.25) is 0 Å². The molecule has 0 aliphatic rings. The Morgan fingerprint density at radius 3 is 2.64 bits per heavy atom. The first-order valence-corrected chi connectivity index (χ1v) is 4.12. The average molecular weight is 215 g/mol. The van der Waals surface area contributed by atoms with Gasteiger partial charge in [0.05, 0.1) is 6.26 Å². The number of fused-ring (bicyclic) bond motifs is 1. The van der Waals surface area contributed by atoms with Gasteiger partial charge in [-0.05, 0) is 29.8 Å². The van der Waals surface area contributed by atoms with E-state index in [4.69, 9.17) is 8.83 Å². The first-order chi connectivity index (χ1) is 5.20. The maximum absolute atomic E-state index is 5.39. The maximum atomic E-state index is 5.39. The largest absolute Gasteiger partial charge is 0.460 e. The normalized spacial score (nSPS) is 11.2. The third-order valence-electron chi connectivity index (χ3n) is 1.75. The van der Waals surface area contributed by atoms with Crippen LogP contribution in [0.5, 0.6) is 0 Å². The Morgan fingerprint density at radius 1 is 1.27 bits per heavy atom. The first-order valence-electron chi connectivity index (χ1n) is 3.33. The number of halogens is 1. The van der Waals surface area contributed by atoms with Crippen molar-refractivity contribution in [1.82, 2.24) is 0 Å². The lowest BCUT2D eigenvalue weighted by Crippen LogP contribution is -1.61. The highest BCUT2D eigenvalue weighted by Crippen LogP contribution is 2.31. The van der Waals surface area contributed by atoms with Gasteiger partial charge in [-0.2, -0.15) is 0 Å². The van der Waals surface area contributed by atoms with Gasteiger partial charge in [-0.3, -0.25) is 0 Å². The van der Waals surface area contributed by atoms with Crippen molar-refractivity contribution in [3.05, 3.63) is 22.1 Å². The molecule has 0 bridgehead atoms. The van der Waals surface area contributed by atoms with E-state index in [-0.39, 0.29) is 0 Å². The number of hydrogen-bond donors (Lipinski definition) is 0. The van der Waals surface area contributed by atoms with Crippen LogP contribution in [0, 0.1) is 13.8 Å². The van der Waals surface area contributed by atoms with E-state index in [0.29, 0.717) is 0 Å². The third-order valence-corrected chi connectivity index (χ3v) is 2.50. The molecule has 2 nitrogen and oxygen atoms in total. The lowest BCUT2D eigenvalue weighted by molar-refractivity contribution is 0.582. The van der Waals surface area contributed by atoms with Crippen molar-refractivity contribution >= 4 is 27.1 Å². The van der Waals surface area contributed by atoms with Crippen LogP contribution >= 0.6 is 15.9 Å². The van der Waals surface area contributed by atoms with E-state index in [9.17, 15) is 0 Å². The second-order valence-electron chi connectivity index (χ2n) is 2.58. The monoisotopic (exact) mass is 214 g/mol. The van der Waals surface area contributed by atoms with Crippen molar-refractivity contribution in [2.75, 3.05) is 0 Å². The SMILES string of the molecule is Cc1coc2c(C)c(Br)oc12. The molecule has 0 aromatic carbocycles. The van der Waals surface area contributed by atoms with Gasteiger partial charge in [-0.1, -0.05) is 0 Å². The van der Waals surface area contributed by atoms with Gasteiger partial charge in [-0.25, -0.2) is 0 Å². The van der Waals surface area contributed by atoms with Crippen LogP contribution in [0.2, 0.25) is 0 Å². The second kappa shape index (κ2) is 2.14. The molecule has 3 heteroatoms. The van der Waals surface area contributed by atoms with Crippen molar-refractivity contribution in [1.29, 1.82) is 0 Å². The fourth-order valence-electron chi connectivity index (χ4n) is 1.07. The van der Waals surface area contributed by atoms with Gasteiger partial charge in [0, 0.05) is 11.1 Å². The topological polar surface area (TPSA) is 26.3 Å². The number of hydrogen-bond acceptors (Lipinski definition) is 2. The molecule has 0 atom stereocenters. The molecule has 0 fully saturated rings. The quantitative estimate of drug-likeness (QED) is 0.673. The molecule has 0 saturated heterocycles. The van der Waals surface area contributed by atoms with E-state index in [1.807, 2.05) is 13.8 Å². The summed E-state index contributed by atoms with van der Waals surface area (Å²) in [4.78, 5) is 0.